The highest BCUT2D eigenvalue weighted by molar-refractivity contribution is 7.16. The maximum absolute atomic E-state index is 11.6. The van der Waals surface area contributed by atoms with Gasteiger partial charge >= 0.3 is 0 Å². The molecule has 1 aromatic carbocycles. The van der Waals surface area contributed by atoms with Gasteiger partial charge in [-0.1, -0.05) is 11.3 Å². The summed E-state index contributed by atoms with van der Waals surface area (Å²) in [6.07, 6.45) is -1.96. The van der Waals surface area contributed by atoms with Gasteiger partial charge in [-0.05, 0) is 36.1 Å². The molecule has 2 N–H and O–H groups in total. The molecule has 2 atom stereocenters. The third kappa shape index (κ3) is 1.63. The van der Waals surface area contributed by atoms with Crippen LogP contribution in [0.2, 0.25) is 0 Å². The Labute approximate surface area is 107 Å². The Balaban J connectivity index is 2.41. The van der Waals surface area contributed by atoms with Crippen molar-refractivity contribution >= 4 is 21.4 Å². The van der Waals surface area contributed by atoms with E-state index in [9.17, 15) is 15.0 Å². The van der Waals surface area contributed by atoms with Gasteiger partial charge in [-0.15, -0.1) is 0 Å². The SMILES string of the molecule is Cc1cc(=O)sc2c3c(ccc12)OC[C@@H](O)[C@@H]3O. The van der Waals surface area contributed by atoms with Crippen LogP contribution in [0.25, 0.3) is 10.1 Å². The van der Waals surface area contributed by atoms with Crippen molar-refractivity contribution in [3.05, 3.63) is 38.9 Å². The molecule has 2 aromatic rings. The lowest BCUT2D eigenvalue weighted by Gasteiger charge is -2.27. The van der Waals surface area contributed by atoms with Gasteiger partial charge < -0.3 is 14.9 Å². The molecule has 2 heterocycles. The van der Waals surface area contributed by atoms with Crippen molar-refractivity contribution in [1.29, 1.82) is 0 Å². The van der Waals surface area contributed by atoms with Gasteiger partial charge in [-0.25, -0.2) is 0 Å². The second kappa shape index (κ2) is 4.05. The molecule has 1 aliphatic rings. The molecule has 0 fully saturated rings. The van der Waals surface area contributed by atoms with Crippen LogP contribution in [-0.2, 0) is 0 Å². The topological polar surface area (TPSA) is 66.8 Å². The molecule has 5 heteroatoms. The molecular formula is C13H12O4S. The first-order chi connectivity index (χ1) is 8.58. The molecule has 0 amide bonds. The molecule has 4 nitrogen and oxygen atoms in total. The summed E-state index contributed by atoms with van der Waals surface area (Å²) in [5, 5.41) is 20.7. The van der Waals surface area contributed by atoms with Crippen LogP contribution in [0.1, 0.15) is 17.2 Å². The summed E-state index contributed by atoms with van der Waals surface area (Å²) in [6, 6.07) is 5.23. The minimum atomic E-state index is -1.00. The van der Waals surface area contributed by atoms with Crippen LogP contribution >= 0.6 is 11.3 Å². The number of ether oxygens (including phenoxy) is 1. The van der Waals surface area contributed by atoms with E-state index in [-0.39, 0.29) is 11.3 Å². The third-order valence-electron chi connectivity index (χ3n) is 3.19. The number of hydrogen-bond donors (Lipinski definition) is 2. The lowest BCUT2D eigenvalue weighted by molar-refractivity contribution is -0.0244. The number of benzene rings is 1. The van der Waals surface area contributed by atoms with Crippen molar-refractivity contribution in [3.63, 3.8) is 0 Å². The van der Waals surface area contributed by atoms with Crippen molar-refractivity contribution in [2.45, 2.75) is 19.1 Å². The second-order valence-corrected chi connectivity index (χ2v) is 5.44. The highest BCUT2D eigenvalue weighted by atomic mass is 32.1. The van der Waals surface area contributed by atoms with Gasteiger partial charge in [0.25, 0.3) is 0 Å². The number of fused-ring (bicyclic) bond motifs is 3. The van der Waals surface area contributed by atoms with E-state index in [2.05, 4.69) is 0 Å². The van der Waals surface area contributed by atoms with E-state index in [1.165, 1.54) is 0 Å². The Bertz CT molecular complexity index is 676. The monoisotopic (exact) mass is 264 g/mol. The van der Waals surface area contributed by atoms with Crippen molar-refractivity contribution in [2.24, 2.45) is 0 Å². The Kier molecular flexibility index (Phi) is 2.62. The third-order valence-corrected chi connectivity index (χ3v) is 4.15. The van der Waals surface area contributed by atoms with Crippen LogP contribution < -0.4 is 9.48 Å². The van der Waals surface area contributed by atoms with E-state index in [0.29, 0.717) is 16.0 Å². The Hall–Kier alpha value is -1.43. The quantitative estimate of drug-likeness (QED) is 0.754. The van der Waals surface area contributed by atoms with E-state index in [1.54, 1.807) is 12.1 Å². The highest BCUT2D eigenvalue weighted by Gasteiger charge is 2.30. The number of aliphatic hydroxyl groups excluding tert-OH is 2. The minimum Gasteiger partial charge on any atom is -0.490 e. The maximum atomic E-state index is 11.6. The summed E-state index contributed by atoms with van der Waals surface area (Å²) in [7, 11) is 0. The summed E-state index contributed by atoms with van der Waals surface area (Å²) in [6.45, 7) is 1.93. The zero-order valence-electron chi connectivity index (χ0n) is 9.71. The van der Waals surface area contributed by atoms with Crippen LogP contribution in [0, 0.1) is 6.92 Å². The number of hydrogen-bond acceptors (Lipinski definition) is 5. The first-order valence-corrected chi connectivity index (χ1v) is 6.46. The highest BCUT2D eigenvalue weighted by Crippen LogP contribution is 2.39. The van der Waals surface area contributed by atoms with E-state index in [4.69, 9.17) is 4.74 Å². The molecule has 0 unspecified atom stereocenters. The second-order valence-electron chi connectivity index (χ2n) is 4.43. The Morgan fingerprint density at radius 1 is 1.39 bits per heavy atom. The van der Waals surface area contributed by atoms with Crippen LogP contribution in [0.3, 0.4) is 0 Å². The molecule has 0 saturated carbocycles. The van der Waals surface area contributed by atoms with Crippen molar-refractivity contribution in [1.82, 2.24) is 0 Å². The van der Waals surface area contributed by atoms with Crippen LogP contribution in [0.4, 0.5) is 0 Å². The summed E-state index contributed by atoms with van der Waals surface area (Å²) >= 11 is 1.07. The van der Waals surface area contributed by atoms with Crippen LogP contribution in [-0.4, -0.2) is 22.9 Å². The number of aryl methyl sites for hydroxylation is 1. The predicted octanol–water partition coefficient (Wildman–Crippen LogP) is 1.36. The van der Waals surface area contributed by atoms with E-state index in [1.807, 2.05) is 13.0 Å². The van der Waals surface area contributed by atoms with Gasteiger partial charge in [0.05, 0.1) is 0 Å². The Morgan fingerprint density at radius 3 is 2.94 bits per heavy atom. The van der Waals surface area contributed by atoms with Gasteiger partial charge in [-0.3, -0.25) is 4.79 Å². The van der Waals surface area contributed by atoms with Gasteiger partial charge in [0.2, 0.25) is 4.74 Å². The zero-order valence-corrected chi connectivity index (χ0v) is 10.5. The summed E-state index contributed by atoms with van der Waals surface area (Å²) in [5.41, 5.74) is 1.39. The normalized spacial score (nSPS) is 22.6. The molecular weight excluding hydrogens is 252 g/mol. The molecule has 0 aliphatic carbocycles. The summed E-state index contributed by atoms with van der Waals surface area (Å²) in [4.78, 5) is 11.6. The van der Waals surface area contributed by atoms with Crippen molar-refractivity contribution in [2.75, 3.05) is 6.61 Å². The average Bonchev–Trinajstić information content (AvgIpc) is 2.33. The molecule has 94 valence electrons. The Morgan fingerprint density at radius 2 is 2.17 bits per heavy atom. The first kappa shape index (κ1) is 11.6. The van der Waals surface area contributed by atoms with Gasteiger partial charge in [-0.2, -0.15) is 0 Å². The molecule has 1 aliphatic heterocycles. The van der Waals surface area contributed by atoms with Crippen LogP contribution in [0.15, 0.2) is 23.0 Å². The maximum Gasteiger partial charge on any atom is 0.233 e. The summed E-state index contributed by atoms with van der Waals surface area (Å²) in [5.74, 6) is 0.543. The number of rotatable bonds is 0. The molecule has 0 spiro atoms. The van der Waals surface area contributed by atoms with Crippen molar-refractivity contribution < 1.29 is 14.9 Å². The lowest BCUT2D eigenvalue weighted by Crippen LogP contribution is -2.30. The molecule has 0 saturated heterocycles. The zero-order chi connectivity index (χ0) is 12.9. The van der Waals surface area contributed by atoms with Crippen LogP contribution in [0.5, 0.6) is 5.75 Å². The predicted molar refractivity (Wildman–Crippen MR) is 69.3 cm³/mol. The first-order valence-electron chi connectivity index (χ1n) is 5.64. The smallest absolute Gasteiger partial charge is 0.233 e. The molecule has 3 rings (SSSR count). The lowest BCUT2D eigenvalue weighted by atomic mass is 9.98. The standard InChI is InChI=1S/C13H12O4S/c1-6-4-10(15)18-13-7(6)2-3-9-11(13)12(16)8(14)5-17-9/h2-4,8,12,14,16H,5H2,1H3/t8-,12+/m1/s1. The van der Waals surface area contributed by atoms with E-state index >= 15 is 0 Å². The van der Waals surface area contributed by atoms with Crippen molar-refractivity contribution in [3.8, 4) is 5.75 Å². The van der Waals surface area contributed by atoms with Gasteiger partial charge in [0.1, 0.15) is 24.6 Å². The molecule has 18 heavy (non-hydrogen) atoms. The fourth-order valence-corrected chi connectivity index (χ4v) is 3.36. The van der Waals surface area contributed by atoms with E-state index in [0.717, 1.165) is 22.3 Å². The summed E-state index contributed by atoms with van der Waals surface area (Å²) < 4.78 is 6.02. The molecule has 0 bridgehead atoms. The average molecular weight is 264 g/mol. The number of aliphatic hydroxyl groups is 2. The molecule has 0 radical (unpaired) electrons. The largest absolute Gasteiger partial charge is 0.490 e. The fraction of sp³-hybridized carbons (Fsp3) is 0.308. The molecule has 1 aromatic heterocycles. The fourth-order valence-electron chi connectivity index (χ4n) is 2.25. The van der Waals surface area contributed by atoms with E-state index < -0.39 is 12.2 Å². The van der Waals surface area contributed by atoms with Gasteiger partial charge in [0, 0.05) is 10.3 Å². The van der Waals surface area contributed by atoms with Gasteiger partial charge in [0.15, 0.2) is 0 Å². The minimum absolute atomic E-state index is 0.0688.